The molecule has 0 fully saturated rings. The number of aryl methyl sites for hydroxylation is 2. The molecule has 1 atom stereocenters. The molecule has 5 nitrogen and oxygen atoms in total. The number of benzene rings is 2. The van der Waals surface area contributed by atoms with Crippen molar-refractivity contribution in [3.63, 3.8) is 0 Å². The Balaban J connectivity index is 1.68. The van der Waals surface area contributed by atoms with Gasteiger partial charge in [0.15, 0.2) is 0 Å². The highest BCUT2D eigenvalue weighted by atomic mass is 35.5. The molecule has 8 heteroatoms. The van der Waals surface area contributed by atoms with E-state index in [1.165, 1.54) is 23.5 Å². The van der Waals surface area contributed by atoms with E-state index in [-0.39, 0.29) is 18.2 Å². The van der Waals surface area contributed by atoms with Gasteiger partial charge in [-0.15, -0.1) is 0 Å². The predicted molar refractivity (Wildman–Crippen MR) is 113 cm³/mol. The van der Waals surface area contributed by atoms with Gasteiger partial charge in [0.1, 0.15) is 11.6 Å². The summed E-state index contributed by atoms with van der Waals surface area (Å²) in [5, 5.41) is 8.60. The zero-order valence-corrected chi connectivity index (χ0v) is 17.2. The monoisotopic (exact) mass is 426 g/mol. The van der Waals surface area contributed by atoms with Crippen LogP contribution >= 0.6 is 22.9 Å². The van der Waals surface area contributed by atoms with E-state index < -0.39 is 5.82 Å². The average Bonchev–Trinajstić information content (AvgIpc) is 3.21. The van der Waals surface area contributed by atoms with Crippen molar-refractivity contribution in [2.45, 2.75) is 26.2 Å². The highest BCUT2D eigenvalue weighted by molar-refractivity contribution is 7.20. The summed E-state index contributed by atoms with van der Waals surface area (Å²) in [5.74, 6) is -0.241. The number of nitrogens with one attached hydrogen (secondary N) is 1. The molecule has 146 valence electrons. The zero-order chi connectivity index (χ0) is 20.3. The van der Waals surface area contributed by atoms with Gasteiger partial charge in [0.05, 0.1) is 15.9 Å². The Bertz CT molecular complexity index is 1300. The maximum Gasteiger partial charge on any atom is 0.226 e. The van der Waals surface area contributed by atoms with Crippen LogP contribution in [0.5, 0.6) is 0 Å². The maximum absolute atomic E-state index is 13.5. The van der Waals surface area contributed by atoms with Crippen LogP contribution in [0, 0.1) is 19.7 Å². The summed E-state index contributed by atoms with van der Waals surface area (Å²) in [7, 11) is 0. The third-order valence-corrected chi connectivity index (χ3v) is 6.48. The first kappa shape index (κ1) is 18.3. The third kappa shape index (κ3) is 3.01. The molecule has 0 bridgehead atoms. The number of thiazole rings is 1. The van der Waals surface area contributed by atoms with Crippen LogP contribution in [0.2, 0.25) is 5.02 Å². The summed E-state index contributed by atoms with van der Waals surface area (Å²) in [6.07, 6.45) is 0.226. The first-order valence-electron chi connectivity index (χ1n) is 9.12. The van der Waals surface area contributed by atoms with Crippen LogP contribution in [0.4, 0.5) is 10.2 Å². The van der Waals surface area contributed by atoms with E-state index in [0.29, 0.717) is 21.5 Å². The summed E-state index contributed by atoms with van der Waals surface area (Å²) in [5.41, 5.74) is 4.42. The number of amides is 1. The summed E-state index contributed by atoms with van der Waals surface area (Å²) >= 11 is 7.83. The fourth-order valence-electron chi connectivity index (χ4n) is 3.85. The van der Waals surface area contributed by atoms with Crippen molar-refractivity contribution in [3.8, 4) is 5.13 Å². The van der Waals surface area contributed by atoms with Crippen molar-refractivity contribution in [2.24, 2.45) is 0 Å². The van der Waals surface area contributed by atoms with Gasteiger partial charge in [-0.25, -0.2) is 9.37 Å². The molecule has 2 aromatic carbocycles. The highest BCUT2D eigenvalue weighted by Gasteiger charge is 2.34. The van der Waals surface area contributed by atoms with Crippen molar-refractivity contribution < 1.29 is 9.18 Å². The van der Waals surface area contributed by atoms with Crippen LogP contribution in [0.1, 0.15) is 34.7 Å². The van der Waals surface area contributed by atoms with E-state index in [4.69, 9.17) is 11.6 Å². The van der Waals surface area contributed by atoms with Crippen LogP contribution in [-0.4, -0.2) is 20.7 Å². The number of fused-ring (bicyclic) bond motifs is 2. The minimum Gasteiger partial charge on any atom is -0.310 e. The molecule has 1 aliphatic rings. The smallest absolute Gasteiger partial charge is 0.226 e. The summed E-state index contributed by atoms with van der Waals surface area (Å²) in [6, 6.07) is 10.4. The SMILES string of the molecule is Cc1ccc2nc(-n3nc(C)c4c3NC(=O)C[C@@H]4c3ccc(F)cc3Cl)sc2c1. The lowest BCUT2D eigenvalue weighted by molar-refractivity contribution is -0.116. The number of nitrogens with zero attached hydrogens (tertiary/aromatic N) is 3. The fraction of sp³-hybridized carbons (Fsp3) is 0.190. The fourth-order valence-corrected chi connectivity index (χ4v) is 5.17. The van der Waals surface area contributed by atoms with Crippen LogP contribution in [0.3, 0.4) is 0 Å². The molecule has 5 rings (SSSR count). The molecular weight excluding hydrogens is 411 g/mol. The standard InChI is InChI=1S/C21H16ClFN4OS/c1-10-3-6-16-17(7-10)29-21(24-16)27-20-19(11(2)26-27)14(9-18(28)25-20)13-5-4-12(23)8-15(13)22/h3-8,14H,9H2,1-2H3,(H,25,28)/t14-/m1/s1. The van der Waals surface area contributed by atoms with E-state index >= 15 is 0 Å². The van der Waals surface area contributed by atoms with Crippen LogP contribution in [-0.2, 0) is 4.79 Å². The highest BCUT2D eigenvalue weighted by Crippen LogP contribution is 2.43. The number of halogens is 2. The Hall–Kier alpha value is -2.77. The second kappa shape index (κ2) is 6.64. The quantitative estimate of drug-likeness (QED) is 0.469. The Morgan fingerprint density at radius 2 is 2.07 bits per heavy atom. The van der Waals surface area contributed by atoms with Gasteiger partial charge >= 0.3 is 0 Å². The van der Waals surface area contributed by atoms with Crippen LogP contribution in [0.15, 0.2) is 36.4 Å². The van der Waals surface area contributed by atoms with Crippen molar-refractivity contribution in [1.82, 2.24) is 14.8 Å². The number of rotatable bonds is 2. The second-order valence-electron chi connectivity index (χ2n) is 7.20. The van der Waals surface area contributed by atoms with Crippen molar-refractivity contribution in [1.29, 1.82) is 0 Å². The number of aromatic nitrogens is 3. The summed E-state index contributed by atoms with van der Waals surface area (Å²) in [6.45, 7) is 3.94. The number of carbonyl (C=O) groups excluding carboxylic acids is 1. The first-order valence-corrected chi connectivity index (χ1v) is 10.3. The predicted octanol–water partition coefficient (Wildman–Crippen LogP) is 5.37. The van der Waals surface area contributed by atoms with E-state index in [0.717, 1.165) is 27.0 Å². The van der Waals surface area contributed by atoms with Gasteiger partial charge in [-0.2, -0.15) is 9.78 Å². The number of carbonyl (C=O) groups is 1. The van der Waals surface area contributed by atoms with Gasteiger partial charge < -0.3 is 5.32 Å². The van der Waals surface area contributed by atoms with E-state index in [2.05, 4.69) is 21.5 Å². The lowest BCUT2D eigenvalue weighted by Crippen LogP contribution is -2.25. The van der Waals surface area contributed by atoms with E-state index in [1.54, 1.807) is 10.7 Å². The van der Waals surface area contributed by atoms with Crippen molar-refractivity contribution in [2.75, 3.05) is 5.32 Å². The molecule has 0 saturated carbocycles. The zero-order valence-electron chi connectivity index (χ0n) is 15.7. The first-order chi connectivity index (χ1) is 13.9. The minimum atomic E-state index is -0.406. The lowest BCUT2D eigenvalue weighted by atomic mass is 9.86. The molecule has 1 aliphatic heterocycles. The molecule has 3 heterocycles. The normalized spacial score (nSPS) is 16.1. The Morgan fingerprint density at radius 1 is 1.24 bits per heavy atom. The second-order valence-corrected chi connectivity index (χ2v) is 8.61. The average molecular weight is 427 g/mol. The summed E-state index contributed by atoms with van der Waals surface area (Å²) in [4.78, 5) is 17.2. The molecule has 0 unspecified atom stereocenters. The number of hydrogen-bond acceptors (Lipinski definition) is 4. The van der Waals surface area contributed by atoms with Gasteiger partial charge in [0, 0.05) is 22.9 Å². The van der Waals surface area contributed by atoms with Crippen molar-refractivity contribution >= 4 is 44.9 Å². The molecule has 1 N–H and O–H groups in total. The molecule has 0 aliphatic carbocycles. The van der Waals surface area contributed by atoms with Gasteiger partial charge in [0.25, 0.3) is 0 Å². The molecule has 1 amide bonds. The molecular formula is C21H16ClFN4OS. The topological polar surface area (TPSA) is 59.8 Å². The number of anilines is 1. The summed E-state index contributed by atoms with van der Waals surface area (Å²) < 4.78 is 16.3. The molecule has 2 aromatic heterocycles. The lowest BCUT2D eigenvalue weighted by Gasteiger charge is -2.24. The number of hydrogen-bond donors (Lipinski definition) is 1. The van der Waals surface area contributed by atoms with E-state index in [1.807, 2.05) is 26.0 Å². The molecule has 0 spiro atoms. The largest absolute Gasteiger partial charge is 0.310 e. The minimum absolute atomic E-state index is 0.138. The molecule has 4 aromatic rings. The van der Waals surface area contributed by atoms with E-state index in [9.17, 15) is 9.18 Å². The Labute approximate surface area is 175 Å². The molecule has 29 heavy (non-hydrogen) atoms. The Morgan fingerprint density at radius 3 is 2.86 bits per heavy atom. The van der Waals surface area contributed by atoms with Crippen molar-refractivity contribution in [3.05, 3.63) is 69.6 Å². The van der Waals surface area contributed by atoms with Gasteiger partial charge in [-0.05, 0) is 49.2 Å². The maximum atomic E-state index is 13.5. The third-order valence-electron chi connectivity index (χ3n) is 5.15. The molecule has 0 saturated heterocycles. The van der Waals surface area contributed by atoms with Gasteiger partial charge in [-0.3, -0.25) is 4.79 Å². The Kier molecular flexibility index (Phi) is 4.18. The van der Waals surface area contributed by atoms with Gasteiger partial charge in [0.2, 0.25) is 11.0 Å². The van der Waals surface area contributed by atoms with Crippen LogP contribution < -0.4 is 5.32 Å². The van der Waals surface area contributed by atoms with Crippen LogP contribution in [0.25, 0.3) is 15.3 Å². The molecule has 0 radical (unpaired) electrons. The van der Waals surface area contributed by atoms with Gasteiger partial charge in [-0.1, -0.05) is 35.1 Å².